The summed E-state index contributed by atoms with van der Waals surface area (Å²) in [5, 5.41) is 3.13. The van der Waals surface area contributed by atoms with Gasteiger partial charge in [-0.3, -0.25) is 9.69 Å². The van der Waals surface area contributed by atoms with Crippen molar-refractivity contribution in [2.24, 2.45) is 0 Å². The number of carbonyl (C=O) groups excluding carboxylic acids is 1. The van der Waals surface area contributed by atoms with E-state index in [1.807, 2.05) is 19.1 Å². The summed E-state index contributed by atoms with van der Waals surface area (Å²) in [5.74, 6) is -0.0177. The van der Waals surface area contributed by atoms with Crippen LogP contribution < -0.4 is 11.1 Å². The predicted molar refractivity (Wildman–Crippen MR) is 87.4 cm³/mol. The molecular formula is C17H27N3O. The highest BCUT2D eigenvalue weighted by atomic mass is 16.1. The van der Waals surface area contributed by atoms with E-state index >= 15 is 0 Å². The van der Waals surface area contributed by atoms with Crippen molar-refractivity contribution in [2.75, 3.05) is 18.8 Å². The second-order valence-electron chi connectivity index (χ2n) is 6.98. The fourth-order valence-electron chi connectivity index (χ4n) is 2.75. The molecule has 4 heteroatoms. The van der Waals surface area contributed by atoms with Crippen molar-refractivity contribution in [3.05, 3.63) is 29.3 Å². The molecule has 4 nitrogen and oxygen atoms in total. The molecule has 1 saturated heterocycles. The zero-order chi connectivity index (χ0) is 15.6. The number of carbonyl (C=O) groups is 1. The van der Waals surface area contributed by atoms with Crippen LogP contribution in [-0.2, 0) is 0 Å². The number of nitrogens with zero attached hydrogens (tertiary/aromatic N) is 1. The molecular weight excluding hydrogens is 262 g/mol. The number of aryl methyl sites for hydroxylation is 1. The normalized spacial score (nSPS) is 17.7. The molecule has 116 valence electrons. The number of benzene rings is 1. The minimum atomic E-state index is -0.0177. The van der Waals surface area contributed by atoms with E-state index in [4.69, 9.17) is 5.73 Å². The van der Waals surface area contributed by atoms with E-state index in [2.05, 4.69) is 31.0 Å². The largest absolute Gasteiger partial charge is 0.398 e. The molecule has 1 aliphatic rings. The summed E-state index contributed by atoms with van der Waals surface area (Å²) in [6.45, 7) is 10.7. The number of nitrogen functional groups attached to an aromatic ring is 1. The third kappa shape index (κ3) is 3.97. The number of hydrogen-bond donors (Lipinski definition) is 2. The first-order valence-corrected chi connectivity index (χ1v) is 7.69. The number of nitrogens with one attached hydrogen (secondary N) is 1. The highest BCUT2D eigenvalue weighted by Gasteiger charge is 2.27. The van der Waals surface area contributed by atoms with Crippen molar-refractivity contribution >= 4 is 11.6 Å². The molecule has 2 rings (SSSR count). The molecule has 0 atom stereocenters. The fourth-order valence-corrected chi connectivity index (χ4v) is 2.75. The van der Waals surface area contributed by atoms with Crippen molar-refractivity contribution in [1.29, 1.82) is 0 Å². The Hall–Kier alpha value is -1.55. The summed E-state index contributed by atoms with van der Waals surface area (Å²) in [5.41, 5.74) is 8.41. The van der Waals surface area contributed by atoms with E-state index < -0.39 is 0 Å². The van der Waals surface area contributed by atoms with Crippen LogP contribution in [0.2, 0.25) is 0 Å². The van der Waals surface area contributed by atoms with Gasteiger partial charge in [-0.05, 0) is 58.2 Å². The molecule has 0 aliphatic carbocycles. The summed E-state index contributed by atoms with van der Waals surface area (Å²) in [6, 6.07) is 5.76. The fraction of sp³-hybridized carbons (Fsp3) is 0.588. The molecule has 0 spiro atoms. The van der Waals surface area contributed by atoms with Crippen LogP contribution in [0.3, 0.4) is 0 Å². The topological polar surface area (TPSA) is 58.4 Å². The second kappa shape index (κ2) is 6.06. The van der Waals surface area contributed by atoms with Crippen LogP contribution in [0, 0.1) is 6.92 Å². The molecule has 1 aliphatic heterocycles. The molecule has 1 heterocycles. The summed E-state index contributed by atoms with van der Waals surface area (Å²) < 4.78 is 0. The van der Waals surface area contributed by atoms with E-state index in [1.165, 1.54) is 0 Å². The maximum Gasteiger partial charge on any atom is 0.251 e. The summed E-state index contributed by atoms with van der Waals surface area (Å²) in [4.78, 5) is 14.7. The molecule has 0 saturated carbocycles. The quantitative estimate of drug-likeness (QED) is 0.823. The third-order valence-corrected chi connectivity index (χ3v) is 4.32. The molecule has 21 heavy (non-hydrogen) atoms. The van der Waals surface area contributed by atoms with E-state index in [9.17, 15) is 4.79 Å². The van der Waals surface area contributed by atoms with Crippen molar-refractivity contribution in [3.8, 4) is 0 Å². The van der Waals surface area contributed by atoms with Gasteiger partial charge in [0.25, 0.3) is 5.91 Å². The maximum absolute atomic E-state index is 12.3. The number of likely N-dealkylation sites (tertiary alicyclic amines) is 1. The highest BCUT2D eigenvalue weighted by molar-refractivity contribution is 5.95. The first-order valence-electron chi connectivity index (χ1n) is 7.69. The van der Waals surface area contributed by atoms with E-state index in [0.29, 0.717) is 11.3 Å². The van der Waals surface area contributed by atoms with Gasteiger partial charge >= 0.3 is 0 Å². The molecule has 0 aromatic heterocycles. The van der Waals surface area contributed by atoms with Gasteiger partial charge in [0.2, 0.25) is 0 Å². The zero-order valence-corrected chi connectivity index (χ0v) is 13.6. The average Bonchev–Trinajstić information content (AvgIpc) is 2.41. The van der Waals surface area contributed by atoms with Crippen LogP contribution in [0.4, 0.5) is 5.69 Å². The van der Waals surface area contributed by atoms with E-state index in [1.54, 1.807) is 6.07 Å². The van der Waals surface area contributed by atoms with Crippen molar-refractivity contribution < 1.29 is 4.79 Å². The number of rotatable bonds is 2. The van der Waals surface area contributed by atoms with E-state index in [-0.39, 0.29) is 17.5 Å². The van der Waals surface area contributed by atoms with Gasteiger partial charge in [0.05, 0.1) is 0 Å². The number of anilines is 1. The van der Waals surface area contributed by atoms with Gasteiger partial charge in [-0.2, -0.15) is 0 Å². The second-order valence-corrected chi connectivity index (χ2v) is 6.98. The molecule has 1 aromatic carbocycles. The Labute approximate surface area is 127 Å². The zero-order valence-electron chi connectivity index (χ0n) is 13.6. The van der Waals surface area contributed by atoms with Gasteiger partial charge in [-0.1, -0.05) is 6.07 Å². The van der Waals surface area contributed by atoms with Crippen LogP contribution in [0.25, 0.3) is 0 Å². The van der Waals surface area contributed by atoms with Crippen LogP contribution in [-0.4, -0.2) is 35.5 Å². The lowest BCUT2D eigenvalue weighted by atomic mass is 9.98. The molecule has 1 amide bonds. The van der Waals surface area contributed by atoms with Crippen LogP contribution in [0.1, 0.15) is 49.5 Å². The lowest BCUT2D eigenvalue weighted by Gasteiger charge is -2.41. The van der Waals surface area contributed by atoms with Gasteiger partial charge < -0.3 is 11.1 Å². The summed E-state index contributed by atoms with van der Waals surface area (Å²) in [7, 11) is 0. The number of hydrogen-bond acceptors (Lipinski definition) is 3. The molecule has 0 unspecified atom stereocenters. The first kappa shape index (κ1) is 15.8. The van der Waals surface area contributed by atoms with Gasteiger partial charge in [0.1, 0.15) is 0 Å². The highest BCUT2D eigenvalue weighted by Crippen LogP contribution is 2.20. The predicted octanol–water partition coefficient (Wildman–Crippen LogP) is 2.57. The molecule has 0 radical (unpaired) electrons. The Kier molecular flexibility index (Phi) is 4.57. The van der Waals surface area contributed by atoms with Gasteiger partial charge in [0.15, 0.2) is 0 Å². The smallest absolute Gasteiger partial charge is 0.251 e. The number of amides is 1. The number of nitrogens with two attached hydrogens (primary N) is 1. The standard InChI is InChI=1S/C17H27N3O/c1-12-5-6-13(11-15(12)18)16(21)19-14-7-9-20(10-8-14)17(2,3)4/h5-6,11,14H,7-10,18H2,1-4H3,(H,19,21). The average molecular weight is 289 g/mol. The molecule has 0 bridgehead atoms. The molecule has 1 fully saturated rings. The Morgan fingerprint density at radius 1 is 1.29 bits per heavy atom. The minimum absolute atomic E-state index is 0.0177. The van der Waals surface area contributed by atoms with E-state index in [0.717, 1.165) is 31.5 Å². The molecule has 1 aromatic rings. The van der Waals surface area contributed by atoms with Crippen LogP contribution in [0.15, 0.2) is 18.2 Å². The van der Waals surface area contributed by atoms with Crippen molar-refractivity contribution in [1.82, 2.24) is 10.2 Å². The Balaban J connectivity index is 1.91. The Morgan fingerprint density at radius 2 is 1.90 bits per heavy atom. The maximum atomic E-state index is 12.3. The summed E-state index contributed by atoms with van der Waals surface area (Å²) in [6.07, 6.45) is 2.01. The lowest BCUT2D eigenvalue weighted by molar-refractivity contribution is 0.0812. The third-order valence-electron chi connectivity index (χ3n) is 4.32. The first-order chi connectivity index (χ1) is 9.77. The Bertz CT molecular complexity index is 511. The lowest BCUT2D eigenvalue weighted by Crippen LogP contribution is -2.50. The Morgan fingerprint density at radius 3 is 2.43 bits per heavy atom. The summed E-state index contributed by atoms with van der Waals surface area (Å²) >= 11 is 0. The van der Waals surface area contributed by atoms with Gasteiger partial charge in [-0.25, -0.2) is 0 Å². The van der Waals surface area contributed by atoms with Gasteiger partial charge in [0, 0.05) is 35.9 Å². The number of piperidine rings is 1. The van der Waals surface area contributed by atoms with Gasteiger partial charge in [-0.15, -0.1) is 0 Å². The van der Waals surface area contributed by atoms with Crippen LogP contribution in [0.5, 0.6) is 0 Å². The SMILES string of the molecule is Cc1ccc(C(=O)NC2CCN(C(C)(C)C)CC2)cc1N. The van der Waals surface area contributed by atoms with Crippen molar-refractivity contribution in [2.45, 2.75) is 52.1 Å². The molecule has 3 N–H and O–H groups in total. The van der Waals surface area contributed by atoms with Crippen LogP contribution >= 0.6 is 0 Å². The monoisotopic (exact) mass is 289 g/mol. The minimum Gasteiger partial charge on any atom is -0.398 e. The van der Waals surface area contributed by atoms with Crippen molar-refractivity contribution in [3.63, 3.8) is 0 Å².